The first-order valence-corrected chi connectivity index (χ1v) is 30.9. The van der Waals surface area contributed by atoms with E-state index in [2.05, 4.69) is 142 Å². The lowest BCUT2D eigenvalue weighted by Crippen LogP contribution is -2.30. The number of allylic oxidation sites excluding steroid dienone is 20. The SMILES string of the molecule is CC/C=C\C/C=C\C/C=C\C/C=C\CCCCCCCCC(=O)OC(COC(=O)CCCCCCC/C=C\C/C=C\CCC)COP(=O)(O)OCC(CO)OC(=O)CCCCCC/C=C\C/C=C\C/C=C\C/C=C\CC. The molecule has 0 aliphatic rings. The first-order valence-electron chi connectivity index (χ1n) is 29.4. The highest BCUT2D eigenvalue weighted by Crippen LogP contribution is 2.43. The summed E-state index contributed by atoms with van der Waals surface area (Å²) in [6, 6.07) is 0. The van der Waals surface area contributed by atoms with Crippen molar-refractivity contribution in [2.45, 2.75) is 238 Å². The largest absolute Gasteiger partial charge is 0.472 e. The molecule has 0 heterocycles. The van der Waals surface area contributed by atoms with Crippen molar-refractivity contribution in [1.29, 1.82) is 0 Å². The Hall–Kier alpha value is -4.12. The third kappa shape index (κ3) is 54.7. The number of carbonyl (C=O) groups is 3. The van der Waals surface area contributed by atoms with Crippen LogP contribution in [0.5, 0.6) is 0 Å². The summed E-state index contributed by atoms with van der Waals surface area (Å²) in [4.78, 5) is 48.6. The van der Waals surface area contributed by atoms with Crippen LogP contribution in [0.1, 0.15) is 226 Å². The first-order chi connectivity index (χ1) is 37.2. The molecule has 0 saturated carbocycles. The number of phosphoric acid groups is 1. The zero-order chi connectivity index (χ0) is 55.5. The Bertz CT molecular complexity index is 1740. The molecule has 432 valence electrons. The van der Waals surface area contributed by atoms with Crippen molar-refractivity contribution < 1.29 is 52.2 Å². The number of hydrogen-bond donors (Lipinski definition) is 2. The smallest absolute Gasteiger partial charge is 0.462 e. The molecule has 3 atom stereocenters. The van der Waals surface area contributed by atoms with Crippen LogP contribution < -0.4 is 0 Å². The number of carbonyl (C=O) groups excluding carboxylic acids is 3. The number of ether oxygens (including phenoxy) is 3. The molecule has 0 rings (SSSR count). The van der Waals surface area contributed by atoms with Crippen molar-refractivity contribution in [2.24, 2.45) is 0 Å². The van der Waals surface area contributed by atoms with Crippen molar-refractivity contribution in [3.63, 3.8) is 0 Å². The van der Waals surface area contributed by atoms with Gasteiger partial charge < -0.3 is 24.2 Å². The summed E-state index contributed by atoms with van der Waals surface area (Å²) in [7, 11) is -4.77. The standard InChI is InChI=1S/C64H105O11P/c1-4-7-10-13-16-19-22-25-27-29-30-32-34-37-40-43-46-49-52-55-64(68)75-61(57-71-62(66)53-50-47-44-41-38-35-24-21-18-15-12-9-6-3)59-73-76(69,70)72-58-60(56-65)74-63(67)54-51-48-45-42-39-36-33-31-28-26-23-20-17-14-11-8-5-2/h7-8,10-12,15-17,19-21,24-28,30,32-33,36,60-61,65H,4-6,9,13-14,18,22-23,29,31,34-35,37-59H2,1-3H3,(H,69,70)/b10-7-,11-8-,15-12-,19-16-,20-17-,24-21-,27-25-,28-26-,32-30-,36-33-. The van der Waals surface area contributed by atoms with Gasteiger partial charge in [0.1, 0.15) is 12.7 Å². The average molecular weight is 1080 g/mol. The third-order valence-corrected chi connectivity index (χ3v) is 12.8. The van der Waals surface area contributed by atoms with Crippen LogP contribution in [-0.2, 0) is 42.2 Å². The van der Waals surface area contributed by atoms with E-state index in [1.807, 2.05) is 0 Å². The molecule has 0 spiro atoms. The minimum absolute atomic E-state index is 0.140. The zero-order valence-corrected chi connectivity index (χ0v) is 48.6. The fourth-order valence-corrected chi connectivity index (χ4v) is 8.22. The molecule has 12 heteroatoms. The fraction of sp³-hybridized carbons (Fsp3) is 0.641. The van der Waals surface area contributed by atoms with Crippen molar-refractivity contribution in [3.8, 4) is 0 Å². The monoisotopic (exact) mass is 1080 g/mol. The molecule has 0 aliphatic carbocycles. The summed E-state index contributed by atoms with van der Waals surface area (Å²) in [5, 5.41) is 9.83. The molecule has 0 saturated heterocycles. The van der Waals surface area contributed by atoms with E-state index in [9.17, 15) is 28.9 Å². The second kappa shape index (κ2) is 57.1. The Balaban J connectivity index is 4.78. The van der Waals surface area contributed by atoms with Gasteiger partial charge in [-0.3, -0.25) is 23.4 Å². The number of phosphoric ester groups is 1. The maximum Gasteiger partial charge on any atom is 0.472 e. The molecule has 3 unspecified atom stereocenters. The predicted octanol–water partition coefficient (Wildman–Crippen LogP) is 17.6. The van der Waals surface area contributed by atoms with Crippen LogP contribution in [0.4, 0.5) is 0 Å². The highest BCUT2D eigenvalue weighted by atomic mass is 31.2. The molecule has 0 aromatic heterocycles. The van der Waals surface area contributed by atoms with Gasteiger partial charge in [0.2, 0.25) is 0 Å². The summed E-state index contributed by atoms with van der Waals surface area (Å²) in [6.07, 6.45) is 70.1. The summed E-state index contributed by atoms with van der Waals surface area (Å²) in [5.41, 5.74) is 0. The van der Waals surface area contributed by atoms with Crippen LogP contribution in [0.2, 0.25) is 0 Å². The lowest BCUT2D eigenvalue weighted by atomic mass is 10.1. The molecule has 0 fully saturated rings. The van der Waals surface area contributed by atoms with Crippen molar-refractivity contribution in [1.82, 2.24) is 0 Å². The summed E-state index contributed by atoms with van der Waals surface area (Å²) < 4.78 is 39.5. The topological polar surface area (TPSA) is 155 Å². The lowest BCUT2D eigenvalue weighted by molar-refractivity contribution is -0.161. The lowest BCUT2D eigenvalue weighted by Gasteiger charge is -2.21. The number of aliphatic hydroxyl groups excluding tert-OH is 1. The molecule has 0 amide bonds. The number of esters is 3. The number of hydrogen-bond acceptors (Lipinski definition) is 10. The second-order valence-electron chi connectivity index (χ2n) is 19.0. The molecular formula is C64H105O11P. The second-order valence-corrected chi connectivity index (χ2v) is 20.5. The number of unbranched alkanes of at least 4 members (excludes halogenated alkanes) is 16. The zero-order valence-electron chi connectivity index (χ0n) is 47.7. The highest BCUT2D eigenvalue weighted by Gasteiger charge is 2.28. The molecule has 0 aromatic carbocycles. The van der Waals surface area contributed by atoms with Gasteiger partial charge in [0.15, 0.2) is 6.10 Å². The summed E-state index contributed by atoms with van der Waals surface area (Å²) in [6.45, 7) is 4.28. The Morgan fingerprint density at radius 1 is 0.382 bits per heavy atom. The molecule has 76 heavy (non-hydrogen) atoms. The Morgan fingerprint density at radius 2 is 0.684 bits per heavy atom. The van der Waals surface area contributed by atoms with Gasteiger partial charge in [-0.25, -0.2) is 4.57 Å². The molecule has 2 N–H and O–H groups in total. The minimum atomic E-state index is -4.77. The molecule has 0 bridgehead atoms. The summed E-state index contributed by atoms with van der Waals surface area (Å²) >= 11 is 0. The van der Waals surface area contributed by atoms with E-state index in [0.717, 1.165) is 167 Å². The van der Waals surface area contributed by atoms with Crippen LogP contribution in [-0.4, -0.2) is 66.5 Å². The van der Waals surface area contributed by atoms with Gasteiger partial charge in [-0.05, 0) is 122 Å². The van der Waals surface area contributed by atoms with Gasteiger partial charge in [0.05, 0.1) is 19.8 Å². The van der Waals surface area contributed by atoms with Gasteiger partial charge >= 0.3 is 25.7 Å². The van der Waals surface area contributed by atoms with E-state index in [1.54, 1.807) is 0 Å². The summed E-state index contributed by atoms with van der Waals surface area (Å²) in [5.74, 6) is -1.53. The highest BCUT2D eigenvalue weighted by molar-refractivity contribution is 7.47. The van der Waals surface area contributed by atoms with Gasteiger partial charge in [0, 0.05) is 19.3 Å². The van der Waals surface area contributed by atoms with Crippen LogP contribution in [0.25, 0.3) is 0 Å². The van der Waals surface area contributed by atoms with E-state index < -0.39 is 57.8 Å². The Labute approximate surface area is 462 Å². The normalized spacial score (nSPS) is 14.2. The Kier molecular flexibility index (Phi) is 54.0. The fourth-order valence-electron chi connectivity index (χ4n) is 7.43. The molecule has 11 nitrogen and oxygen atoms in total. The maximum absolute atomic E-state index is 12.9. The van der Waals surface area contributed by atoms with Crippen LogP contribution in [0.3, 0.4) is 0 Å². The van der Waals surface area contributed by atoms with Crippen LogP contribution >= 0.6 is 7.82 Å². The Morgan fingerprint density at radius 3 is 1.05 bits per heavy atom. The van der Waals surface area contributed by atoms with E-state index in [4.69, 9.17) is 23.3 Å². The third-order valence-electron chi connectivity index (χ3n) is 11.8. The molecule has 0 aliphatic heterocycles. The number of rotatable bonds is 53. The van der Waals surface area contributed by atoms with Gasteiger partial charge in [-0.1, -0.05) is 206 Å². The van der Waals surface area contributed by atoms with Gasteiger partial charge in [0.25, 0.3) is 0 Å². The van der Waals surface area contributed by atoms with Crippen LogP contribution in [0, 0.1) is 0 Å². The first kappa shape index (κ1) is 71.9. The van der Waals surface area contributed by atoms with E-state index >= 15 is 0 Å². The average Bonchev–Trinajstić information content (AvgIpc) is 3.41. The van der Waals surface area contributed by atoms with E-state index in [1.165, 1.54) is 0 Å². The quantitative estimate of drug-likeness (QED) is 0.0197. The van der Waals surface area contributed by atoms with Crippen molar-refractivity contribution >= 4 is 25.7 Å². The molecular weight excluding hydrogens is 976 g/mol. The molecule has 0 aromatic rings. The van der Waals surface area contributed by atoms with E-state index in [-0.39, 0.29) is 25.9 Å². The van der Waals surface area contributed by atoms with Gasteiger partial charge in [-0.15, -0.1) is 0 Å². The maximum atomic E-state index is 12.9. The van der Waals surface area contributed by atoms with Gasteiger partial charge in [-0.2, -0.15) is 0 Å². The number of aliphatic hydroxyl groups is 1. The molecule has 0 radical (unpaired) electrons. The minimum Gasteiger partial charge on any atom is -0.462 e. The van der Waals surface area contributed by atoms with Crippen molar-refractivity contribution in [3.05, 3.63) is 122 Å². The predicted molar refractivity (Wildman–Crippen MR) is 316 cm³/mol. The van der Waals surface area contributed by atoms with Crippen LogP contribution in [0.15, 0.2) is 122 Å². The van der Waals surface area contributed by atoms with E-state index in [0.29, 0.717) is 19.3 Å². The van der Waals surface area contributed by atoms with Crippen molar-refractivity contribution in [2.75, 3.05) is 26.4 Å².